The Hall–Kier alpha value is -1.88. The first kappa shape index (κ1) is 15.0. The fraction of sp³-hybridized carbons (Fsp3) is 0.294. The van der Waals surface area contributed by atoms with Gasteiger partial charge in [0.05, 0.1) is 10.7 Å². The number of aryl methyl sites for hydroxylation is 1. The van der Waals surface area contributed by atoms with Crippen LogP contribution in [0.5, 0.6) is 0 Å². The van der Waals surface area contributed by atoms with Crippen LogP contribution < -0.4 is 0 Å². The molecule has 0 bridgehead atoms. The predicted molar refractivity (Wildman–Crippen MR) is 94.1 cm³/mol. The minimum absolute atomic E-state index is 0.171. The van der Waals surface area contributed by atoms with Gasteiger partial charge < -0.3 is 4.90 Å². The quantitative estimate of drug-likeness (QED) is 0.799. The lowest BCUT2D eigenvalue weighted by atomic mass is 9.90. The van der Waals surface area contributed by atoms with Crippen LogP contribution in [0, 0.1) is 6.92 Å². The minimum atomic E-state index is 0.171. The smallest absolute Gasteiger partial charge is 0.215 e. The summed E-state index contributed by atoms with van der Waals surface area (Å²) in [7, 11) is 1.65. The lowest BCUT2D eigenvalue weighted by Crippen LogP contribution is -2.35. The average molecular weight is 310 g/mol. The molecule has 112 valence electrons. The van der Waals surface area contributed by atoms with Crippen molar-refractivity contribution >= 4 is 30.6 Å². The van der Waals surface area contributed by atoms with Crippen molar-refractivity contribution in [1.82, 2.24) is 9.88 Å². The molecule has 1 aliphatic heterocycles. The molecule has 0 unspecified atom stereocenters. The van der Waals surface area contributed by atoms with Crippen LogP contribution in [0.25, 0.3) is 5.57 Å². The molecule has 3 nitrogen and oxygen atoms in total. The van der Waals surface area contributed by atoms with Gasteiger partial charge in [-0.3, -0.25) is 4.79 Å². The molecule has 1 aromatic carbocycles. The maximum atomic E-state index is 11.5. The molecule has 0 radical (unpaired) electrons. The van der Waals surface area contributed by atoms with E-state index < -0.39 is 0 Å². The Morgan fingerprint density at radius 1 is 1.23 bits per heavy atom. The monoisotopic (exact) mass is 310 g/mol. The number of carbonyl (C=O) groups is 1. The summed E-state index contributed by atoms with van der Waals surface area (Å²) < 4.78 is 0. The Kier molecular flexibility index (Phi) is 4.43. The van der Waals surface area contributed by atoms with Gasteiger partial charge in [-0.25, -0.2) is 4.98 Å². The number of aromatic nitrogens is 1. The maximum absolute atomic E-state index is 11.5. The van der Waals surface area contributed by atoms with Crippen molar-refractivity contribution in [1.29, 1.82) is 0 Å². The zero-order valence-electron chi connectivity index (χ0n) is 13.0. The number of amides is 1. The van der Waals surface area contributed by atoms with Crippen molar-refractivity contribution in [2.75, 3.05) is 13.1 Å². The molecule has 2 heterocycles. The van der Waals surface area contributed by atoms with Crippen molar-refractivity contribution in [3.05, 3.63) is 57.6 Å². The van der Waals surface area contributed by atoms with E-state index in [1.54, 1.807) is 19.2 Å². The van der Waals surface area contributed by atoms with E-state index in [1.807, 2.05) is 17.9 Å². The second-order valence-electron chi connectivity index (χ2n) is 5.60. The normalized spacial score (nSPS) is 15.0. The van der Waals surface area contributed by atoms with Gasteiger partial charge in [0.15, 0.2) is 5.81 Å². The summed E-state index contributed by atoms with van der Waals surface area (Å²) in [5, 5.41) is 3.23. The highest BCUT2D eigenvalue weighted by atomic mass is 32.1. The molecule has 0 saturated carbocycles. The van der Waals surface area contributed by atoms with E-state index in [9.17, 15) is 4.79 Å². The van der Waals surface area contributed by atoms with Crippen LogP contribution >= 0.6 is 11.3 Å². The lowest BCUT2D eigenvalue weighted by Gasteiger charge is -2.29. The molecule has 1 amide bonds. The molecular weight excluding hydrogens is 291 g/mol. The van der Waals surface area contributed by atoms with Crippen molar-refractivity contribution < 1.29 is 4.79 Å². The van der Waals surface area contributed by atoms with Gasteiger partial charge in [0.25, 0.3) is 0 Å². The zero-order chi connectivity index (χ0) is 15.5. The lowest BCUT2D eigenvalue weighted by molar-refractivity contribution is 0.217. The second-order valence-corrected chi connectivity index (χ2v) is 6.66. The summed E-state index contributed by atoms with van der Waals surface area (Å²) in [5.74, 6) is 0.171. The second kappa shape index (κ2) is 6.49. The molecule has 1 fully saturated rings. The maximum Gasteiger partial charge on any atom is 0.215 e. The highest BCUT2D eigenvalue weighted by Gasteiger charge is 2.21. The summed E-state index contributed by atoms with van der Waals surface area (Å²) in [4.78, 5) is 18.1. The third kappa shape index (κ3) is 3.14. The fourth-order valence-electron chi connectivity index (χ4n) is 2.96. The van der Waals surface area contributed by atoms with Gasteiger partial charge in [0.2, 0.25) is 7.85 Å². The molecule has 0 atom stereocenters. The molecule has 0 N–H and O–H groups in total. The predicted octanol–water partition coefficient (Wildman–Crippen LogP) is 3.10. The minimum Gasteiger partial charge on any atom is -0.351 e. The first-order chi connectivity index (χ1) is 10.6. The van der Waals surface area contributed by atoms with Gasteiger partial charge in [-0.15, -0.1) is 11.3 Å². The number of carbonyl (C=O) groups excluding carboxylic acids is 1. The molecule has 1 aromatic heterocycles. The largest absolute Gasteiger partial charge is 0.351 e. The Balaban J connectivity index is 1.99. The first-order valence-corrected chi connectivity index (χ1v) is 8.48. The van der Waals surface area contributed by atoms with Gasteiger partial charge >= 0.3 is 0 Å². The Labute approximate surface area is 136 Å². The topological polar surface area (TPSA) is 33.2 Å². The summed E-state index contributed by atoms with van der Waals surface area (Å²) in [6.45, 7) is 3.66. The number of benzene rings is 1. The van der Waals surface area contributed by atoms with Crippen LogP contribution in [-0.2, 0) is 0 Å². The van der Waals surface area contributed by atoms with E-state index in [0.29, 0.717) is 0 Å². The number of hydrogen-bond donors (Lipinski definition) is 0. The molecular formula is C17H19BN2OS. The molecule has 22 heavy (non-hydrogen) atoms. The van der Waals surface area contributed by atoms with Crippen LogP contribution in [0.3, 0.4) is 0 Å². The van der Waals surface area contributed by atoms with Gasteiger partial charge in [-0.1, -0.05) is 35.9 Å². The summed E-state index contributed by atoms with van der Waals surface area (Å²) in [6, 6.07) is 10.5. The molecule has 3 rings (SSSR count). The van der Waals surface area contributed by atoms with Crippen molar-refractivity contribution in [2.45, 2.75) is 19.8 Å². The standard InChI is InChI=1S/C17H19BN2OS/c1-12-19-15(11-22-12)16(13-5-3-2-4-6-13)14-7-9-20(10-8-14)17(18)21/h2-6,11H,7-10,18H2,1H3. The van der Waals surface area contributed by atoms with Gasteiger partial charge in [0, 0.05) is 24.0 Å². The van der Waals surface area contributed by atoms with E-state index in [4.69, 9.17) is 4.98 Å². The van der Waals surface area contributed by atoms with E-state index in [-0.39, 0.29) is 5.81 Å². The van der Waals surface area contributed by atoms with E-state index in [2.05, 4.69) is 29.6 Å². The Bertz CT molecular complexity index is 698. The van der Waals surface area contributed by atoms with Crippen LogP contribution in [0.15, 0.2) is 41.3 Å². The van der Waals surface area contributed by atoms with E-state index >= 15 is 0 Å². The molecule has 5 heteroatoms. The first-order valence-electron chi connectivity index (χ1n) is 7.60. The number of rotatable bonds is 2. The number of thiazole rings is 1. The highest BCUT2D eigenvalue weighted by molar-refractivity contribution is 7.09. The van der Waals surface area contributed by atoms with Crippen LogP contribution in [0.4, 0.5) is 4.79 Å². The molecule has 1 saturated heterocycles. The van der Waals surface area contributed by atoms with E-state index in [1.165, 1.54) is 16.7 Å². The van der Waals surface area contributed by atoms with Crippen LogP contribution in [0.2, 0.25) is 0 Å². The fourth-order valence-corrected chi connectivity index (χ4v) is 3.56. The number of nitrogens with zero attached hydrogens (tertiary/aromatic N) is 2. The van der Waals surface area contributed by atoms with Gasteiger partial charge in [-0.2, -0.15) is 0 Å². The Morgan fingerprint density at radius 3 is 2.45 bits per heavy atom. The van der Waals surface area contributed by atoms with Crippen LogP contribution in [0.1, 0.15) is 29.1 Å². The summed E-state index contributed by atoms with van der Waals surface area (Å²) >= 11 is 1.69. The van der Waals surface area contributed by atoms with E-state index in [0.717, 1.165) is 36.6 Å². The third-order valence-electron chi connectivity index (χ3n) is 4.10. The highest BCUT2D eigenvalue weighted by Crippen LogP contribution is 2.32. The van der Waals surface area contributed by atoms with Gasteiger partial charge in [0.1, 0.15) is 0 Å². The van der Waals surface area contributed by atoms with Crippen molar-refractivity contribution in [3.8, 4) is 0 Å². The summed E-state index contributed by atoms with van der Waals surface area (Å²) in [6.07, 6.45) is 1.86. The molecule has 0 spiro atoms. The molecule has 1 aliphatic rings. The van der Waals surface area contributed by atoms with Crippen molar-refractivity contribution in [2.24, 2.45) is 0 Å². The number of likely N-dealkylation sites (tertiary alicyclic amines) is 1. The SMILES string of the molecule is BC(=O)N1CCC(=C(c2ccccc2)c2csc(C)n2)CC1. The van der Waals surface area contributed by atoms with Gasteiger partial charge in [-0.05, 0) is 25.3 Å². The van der Waals surface area contributed by atoms with Crippen molar-refractivity contribution in [3.63, 3.8) is 0 Å². The summed E-state index contributed by atoms with van der Waals surface area (Å²) in [5.41, 5.74) is 4.96. The molecule has 2 aromatic rings. The average Bonchev–Trinajstić information content (AvgIpc) is 2.95. The Morgan fingerprint density at radius 2 is 1.91 bits per heavy atom. The number of piperidine rings is 1. The molecule has 0 aliphatic carbocycles. The third-order valence-corrected chi connectivity index (χ3v) is 4.88. The zero-order valence-corrected chi connectivity index (χ0v) is 13.8. The number of hydrogen-bond acceptors (Lipinski definition) is 3. The van der Waals surface area contributed by atoms with Crippen LogP contribution in [-0.4, -0.2) is 36.6 Å².